The molecule has 0 amide bonds. The SMILES string of the molecule is CC(=O)Oc1ccc(C[C@H](N)C(=O)OC[C@H](C)OC(=O)OC(C)C(C)C)cc1OC(C)=O. The minimum absolute atomic E-state index is 0.0296. The van der Waals surface area contributed by atoms with Crippen molar-refractivity contribution in [2.75, 3.05) is 6.61 Å². The Kier molecular flexibility index (Phi) is 10.6. The zero-order chi connectivity index (χ0) is 24.4. The normalized spacial score (nSPS) is 13.5. The number of rotatable bonds is 10. The van der Waals surface area contributed by atoms with Crippen molar-refractivity contribution in [1.82, 2.24) is 0 Å². The maximum Gasteiger partial charge on any atom is 0.508 e. The first-order valence-electron chi connectivity index (χ1n) is 10.2. The highest BCUT2D eigenvalue weighted by molar-refractivity contribution is 5.76. The molecule has 178 valence electrons. The van der Waals surface area contributed by atoms with Crippen LogP contribution in [0.25, 0.3) is 0 Å². The van der Waals surface area contributed by atoms with Gasteiger partial charge in [-0.1, -0.05) is 19.9 Å². The Morgan fingerprint density at radius 1 is 0.906 bits per heavy atom. The van der Waals surface area contributed by atoms with Crippen molar-refractivity contribution in [3.05, 3.63) is 23.8 Å². The second-order valence-electron chi connectivity index (χ2n) is 7.65. The molecule has 3 atom stereocenters. The summed E-state index contributed by atoms with van der Waals surface area (Å²) in [4.78, 5) is 46.4. The molecule has 0 aliphatic carbocycles. The third-order valence-corrected chi connectivity index (χ3v) is 4.25. The summed E-state index contributed by atoms with van der Waals surface area (Å²) in [6, 6.07) is 3.44. The predicted octanol–water partition coefficient (Wildman–Crippen LogP) is 2.54. The van der Waals surface area contributed by atoms with Crippen molar-refractivity contribution >= 4 is 24.1 Å². The minimum atomic E-state index is -1.03. The van der Waals surface area contributed by atoms with E-state index in [2.05, 4.69) is 0 Å². The zero-order valence-corrected chi connectivity index (χ0v) is 19.2. The van der Waals surface area contributed by atoms with E-state index in [0.29, 0.717) is 5.56 Å². The van der Waals surface area contributed by atoms with Crippen LogP contribution in [0.5, 0.6) is 11.5 Å². The van der Waals surface area contributed by atoms with Gasteiger partial charge in [0.1, 0.15) is 24.9 Å². The van der Waals surface area contributed by atoms with Crippen LogP contribution in [0.15, 0.2) is 18.2 Å². The van der Waals surface area contributed by atoms with Gasteiger partial charge in [0.05, 0.1) is 0 Å². The minimum Gasteiger partial charge on any atom is -0.461 e. The van der Waals surface area contributed by atoms with E-state index >= 15 is 0 Å². The summed E-state index contributed by atoms with van der Waals surface area (Å²) in [6.45, 7) is 9.35. The summed E-state index contributed by atoms with van der Waals surface area (Å²) in [5.74, 6) is -1.65. The smallest absolute Gasteiger partial charge is 0.461 e. The second kappa shape index (κ2) is 12.7. The molecular formula is C22H31NO9. The van der Waals surface area contributed by atoms with E-state index in [1.165, 1.54) is 26.0 Å². The Hall–Kier alpha value is -3.14. The highest BCUT2D eigenvalue weighted by Gasteiger charge is 2.21. The Bertz CT molecular complexity index is 822. The molecule has 0 saturated heterocycles. The fourth-order valence-electron chi connectivity index (χ4n) is 2.31. The largest absolute Gasteiger partial charge is 0.508 e. The van der Waals surface area contributed by atoms with Gasteiger partial charge in [-0.05, 0) is 43.9 Å². The maximum atomic E-state index is 12.2. The lowest BCUT2D eigenvalue weighted by Crippen LogP contribution is -2.36. The molecule has 0 bridgehead atoms. The summed E-state index contributed by atoms with van der Waals surface area (Å²) in [7, 11) is 0. The van der Waals surface area contributed by atoms with E-state index in [0.717, 1.165) is 0 Å². The van der Waals surface area contributed by atoms with Crippen LogP contribution in [0.2, 0.25) is 0 Å². The van der Waals surface area contributed by atoms with Crippen LogP contribution < -0.4 is 15.2 Å². The lowest BCUT2D eigenvalue weighted by atomic mass is 10.1. The molecule has 2 N–H and O–H groups in total. The van der Waals surface area contributed by atoms with E-state index in [1.807, 2.05) is 13.8 Å². The fraction of sp³-hybridized carbons (Fsp3) is 0.545. The van der Waals surface area contributed by atoms with Crippen LogP contribution in [0.4, 0.5) is 4.79 Å². The number of hydrogen-bond donors (Lipinski definition) is 1. The van der Waals surface area contributed by atoms with Crippen molar-refractivity contribution in [2.45, 2.75) is 66.2 Å². The molecule has 0 aliphatic rings. The number of carbonyl (C=O) groups is 4. The molecule has 0 spiro atoms. The average molecular weight is 453 g/mol. The topological polar surface area (TPSA) is 140 Å². The van der Waals surface area contributed by atoms with Gasteiger partial charge in [-0.2, -0.15) is 0 Å². The molecule has 0 saturated carbocycles. The first-order chi connectivity index (χ1) is 14.9. The summed E-state index contributed by atoms with van der Waals surface area (Å²) in [5, 5.41) is 0. The number of hydrogen-bond acceptors (Lipinski definition) is 10. The van der Waals surface area contributed by atoms with Gasteiger partial charge in [-0.25, -0.2) is 4.79 Å². The van der Waals surface area contributed by atoms with E-state index < -0.39 is 36.2 Å². The van der Waals surface area contributed by atoms with Crippen molar-refractivity contribution in [3.63, 3.8) is 0 Å². The number of esters is 3. The number of carbonyl (C=O) groups excluding carboxylic acids is 4. The third kappa shape index (κ3) is 9.78. The van der Waals surface area contributed by atoms with Gasteiger partial charge < -0.3 is 29.4 Å². The summed E-state index contributed by atoms with van der Waals surface area (Å²) in [6.07, 6.45) is -1.81. The Labute approximate surface area is 187 Å². The Balaban J connectivity index is 2.63. The van der Waals surface area contributed by atoms with Crippen LogP contribution in [0, 0.1) is 5.92 Å². The van der Waals surface area contributed by atoms with Gasteiger partial charge in [-0.3, -0.25) is 14.4 Å². The van der Waals surface area contributed by atoms with Crippen molar-refractivity contribution in [1.29, 1.82) is 0 Å². The lowest BCUT2D eigenvalue weighted by molar-refractivity contribution is -0.148. The molecule has 10 heteroatoms. The number of nitrogens with two attached hydrogens (primary N) is 1. The molecule has 1 rings (SSSR count). The second-order valence-corrected chi connectivity index (χ2v) is 7.65. The molecule has 0 aromatic heterocycles. The van der Waals surface area contributed by atoms with Gasteiger partial charge in [-0.15, -0.1) is 0 Å². The van der Waals surface area contributed by atoms with Gasteiger partial charge in [0.15, 0.2) is 11.5 Å². The summed E-state index contributed by atoms with van der Waals surface area (Å²) < 4.78 is 25.3. The Morgan fingerprint density at radius 2 is 1.50 bits per heavy atom. The molecule has 0 aliphatic heterocycles. The van der Waals surface area contributed by atoms with Crippen LogP contribution in [-0.4, -0.2) is 48.9 Å². The molecule has 1 aromatic rings. The summed E-state index contributed by atoms with van der Waals surface area (Å²) >= 11 is 0. The highest BCUT2D eigenvalue weighted by atomic mass is 16.7. The molecule has 1 aromatic carbocycles. The van der Waals surface area contributed by atoms with E-state index in [9.17, 15) is 19.2 Å². The molecular weight excluding hydrogens is 422 g/mol. The van der Waals surface area contributed by atoms with Crippen molar-refractivity contribution < 1.29 is 42.9 Å². The van der Waals surface area contributed by atoms with Gasteiger partial charge in [0, 0.05) is 13.8 Å². The van der Waals surface area contributed by atoms with Crippen molar-refractivity contribution in [2.24, 2.45) is 11.7 Å². The maximum absolute atomic E-state index is 12.2. The van der Waals surface area contributed by atoms with Crippen LogP contribution >= 0.6 is 0 Å². The molecule has 1 unspecified atom stereocenters. The third-order valence-electron chi connectivity index (χ3n) is 4.25. The standard InChI is InChI=1S/C22H31NO9/c1-12(2)14(4)30-22(27)29-13(3)11-28-21(26)18(23)9-17-7-8-19(31-15(5)24)20(10-17)32-16(6)25/h7-8,10,12-14,18H,9,11,23H2,1-6H3/t13-,14?,18-/m0/s1. The van der Waals surface area contributed by atoms with E-state index in [-0.39, 0.29) is 36.5 Å². The number of benzene rings is 1. The monoisotopic (exact) mass is 453 g/mol. The lowest BCUT2D eigenvalue weighted by Gasteiger charge is -2.19. The van der Waals surface area contributed by atoms with Crippen LogP contribution in [0.3, 0.4) is 0 Å². The van der Waals surface area contributed by atoms with Crippen molar-refractivity contribution in [3.8, 4) is 11.5 Å². The molecule has 10 nitrogen and oxygen atoms in total. The van der Waals surface area contributed by atoms with Gasteiger partial charge in [0.2, 0.25) is 0 Å². The fourth-order valence-corrected chi connectivity index (χ4v) is 2.31. The average Bonchev–Trinajstić information content (AvgIpc) is 2.66. The number of ether oxygens (including phenoxy) is 5. The van der Waals surface area contributed by atoms with Crippen LogP contribution in [-0.2, 0) is 35.0 Å². The van der Waals surface area contributed by atoms with E-state index in [1.54, 1.807) is 19.9 Å². The van der Waals surface area contributed by atoms with Gasteiger partial charge >= 0.3 is 24.1 Å². The van der Waals surface area contributed by atoms with Gasteiger partial charge in [0.25, 0.3) is 0 Å². The highest BCUT2D eigenvalue weighted by Crippen LogP contribution is 2.29. The predicted molar refractivity (Wildman–Crippen MR) is 113 cm³/mol. The van der Waals surface area contributed by atoms with Crippen LogP contribution in [0.1, 0.15) is 47.1 Å². The quantitative estimate of drug-likeness (QED) is 0.415. The molecule has 0 heterocycles. The molecule has 0 fully saturated rings. The first kappa shape index (κ1) is 26.9. The zero-order valence-electron chi connectivity index (χ0n) is 19.2. The molecule has 0 radical (unpaired) electrons. The summed E-state index contributed by atoms with van der Waals surface area (Å²) in [5.41, 5.74) is 6.46. The van der Waals surface area contributed by atoms with E-state index in [4.69, 9.17) is 29.4 Å². The first-order valence-corrected chi connectivity index (χ1v) is 10.2. The Morgan fingerprint density at radius 3 is 2.06 bits per heavy atom. The molecule has 32 heavy (non-hydrogen) atoms.